The van der Waals surface area contributed by atoms with Gasteiger partial charge in [-0.05, 0) is 37.5 Å². The first-order valence-electron chi connectivity index (χ1n) is 9.74. The van der Waals surface area contributed by atoms with Crippen molar-refractivity contribution in [2.45, 2.75) is 90.6 Å². The van der Waals surface area contributed by atoms with Crippen LogP contribution in [-0.4, -0.2) is 12.1 Å². The molecule has 4 heteroatoms. The van der Waals surface area contributed by atoms with Gasteiger partial charge in [0.2, 0.25) is 0 Å². The highest BCUT2D eigenvalue weighted by atomic mass is 19.2. The first kappa shape index (κ1) is 21.6. The van der Waals surface area contributed by atoms with Crippen molar-refractivity contribution in [1.82, 2.24) is 0 Å². The summed E-state index contributed by atoms with van der Waals surface area (Å²) in [6.07, 6.45) is 12.6. The number of ether oxygens (including phenoxy) is 1. The molecule has 0 aromatic heterocycles. The Kier molecular flexibility index (Phi) is 11.1. The van der Waals surface area contributed by atoms with E-state index in [1.807, 2.05) is 6.92 Å². The maximum atomic E-state index is 13.2. The second-order valence-electron chi connectivity index (χ2n) is 6.68. The zero-order valence-corrected chi connectivity index (χ0v) is 15.7. The van der Waals surface area contributed by atoms with E-state index in [0.29, 0.717) is 0 Å². The van der Waals surface area contributed by atoms with E-state index in [0.717, 1.165) is 37.8 Å². The molecule has 0 amide bonds. The molecule has 0 saturated heterocycles. The van der Waals surface area contributed by atoms with E-state index in [2.05, 4.69) is 6.92 Å². The molecule has 0 aliphatic carbocycles. The fourth-order valence-corrected chi connectivity index (χ4v) is 2.87. The smallest absolute Gasteiger partial charge is 0.338 e. The number of rotatable bonds is 13. The van der Waals surface area contributed by atoms with E-state index in [9.17, 15) is 13.6 Å². The van der Waals surface area contributed by atoms with Crippen LogP contribution in [0, 0.1) is 11.6 Å². The lowest BCUT2D eigenvalue weighted by Gasteiger charge is -2.16. The van der Waals surface area contributed by atoms with Crippen molar-refractivity contribution in [2.75, 3.05) is 0 Å². The monoisotopic (exact) mass is 354 g/mol. The van der Waals surface area contributed by atoms with Crippen LogP contribution in [0.25, 0.3) is 0 Å². The molecule has 0 fully saturated rings. The highest BCUT2D eigenvalue weighted by Gasteiger charge is 2.16. The summed E-state index contributed by atoms with van der Waals surface area (Å²) in [7, 11) is 0. The maximum absolute atomic E-state index is 13.2. The maximum Gasteiger partial charge on any atom is 0.338 e. The summed E-state index contributed by atoms with van der Waals surface area (Å²) >= 11 is 0. The van der Waals surface area contributed by atoms with E-state index in [-0.39, 0.29) is 11.7 Å². The second kappa shape index (κ2) is 12.8. The van der Waals surface area contributed by atoms with Gasteiger partial charge in [-0.15, -0.1) is 0 Å². The van der Waals surface area contributed by atoms with Crippen molar-refractivity contribution in [3.05, 3.63) is 35.4 Å². The molecule has 2 nitrogen and oxygen atoms in total. The van der Waals surface area contributed by atoms with Crippen LogP contribution in [0.2, 0.25) is 0 Å². The van der Waals surface area contributed by atoms with Gasteiger partial charge < -0.3 is 4.74 Å². The Bertz CT molecular complexity index is 503. The quantitative estimate of drug-likeness (QED) is 0.287. The predicted octanol–water partition coefficient (Wildman–Crippen LogP) is 6.82. The van der Waals surface area contributed by atoms with Crippen molar-refractivity contribution in [3.63, 3.8) is 0 Å². The Morgan fingerprint density at radius 3 is 2.08 bits per heavy atom. The van der Waals surface area contributed by atoms with Crippen molar-refractivity contribution in [2.24, 2.45) is 0 Å². The molecule has 0 aliphatic rings. The minimum Gasteiger partial charge on any atom is -0.459 e. The average Bonchev–Trinajstić information content (AvgIpc) is 2.61. The zero-order valence-electron chi connectivity index (χ0n) is 15.7. The fourth-order valence-electron chi connectivity index (χ4n) is 2.87. The Morgan fingerprint density at radius 1 is 0.920 bits per heavy atom. The number of hydrogen-bond acceptors (Lipinski definition) is 2. The normalized spacial score (nSPS) is 12.2. The van der Waals surface area contributed by atoms with Gasteiger partial charge in [0.15, 0.2) is 11.6 Å². The summed E-state index contributed by atoms with van der Waals surface area (Å²) in [6, 6.07) is 3.10. The van der Waals surface area contributed by atoms with Crippen molar-refractivity contribution >= 4 is 5.97 Å². The standard InChI is InChI=1S/C21H32F2O2/c1-3-5-6-7-8-9-10-11-12-13-18(4-2)25-21(24)17-14-15-19(22)20(23)16-17/h14-16,18H,3-13H2,1-2H3. The minimum absolute atomic E-state index is 0.0597. The molecule has 1 unspecified atom stereocenters. The fraction of sp³-hybridized carbons (Fsp3) is 0.667. The van der Waals surface area contributed by atoms with Gasteiger partial charge in [0.1, 0.15) is 6.10 Å². The number of esters is 1. The largest absolute Gasteiger partial charge is 0.459 e. The van der Waals surface area contributed by atoms with Crippen molar-refractivity contribution in [3.8, 4) is 0 Å². The van der Waals surface area contributed by atoms with Gasteiger partial charge in [0.25, 0.3) is 0 Å². The lowest BCUT2D eigenvalue weighted by atomic mass is 10.0. The Morgan fingerprint density at radius 2 is 1.52 bits per heavy atom. The molecule has 0 heterocycles. The molecule has 1 rings (SSSR count). The summed E-state index contributed by atoms with van der Waals surface area (Å²) in [5.41, 5.74) is 0.0597. The van der Waals surface area contributed by atoms with Gasteiger partial charge in [0, 0.05) is 0 Å². The van der Waals surface area contributed by atoms with Gasteiger partial charge in [-0.1, -0.05) is 65.2 Å². The number of carbonyl (C=O) groups excluding carboxylic acids is 1. The van der Waals surface area contributed by atoms with E-state index < -0.39 is 17.6 Å². The highest BCUT2D eigenvalue weighted by molar-refractivity contribution is 5.89. The number of halogens is 2. The van der Waals surface area contributed by atoms with E-state index in [4.69, 9.17) is 4.74 Å². The lowest BCUT2D eigenvalue weighted by molar-refractivity contribution is 0.0266. The third-order valence-electron chi connectivity index (χ3n) is 4.51. The number of carbonyl (C=O) groups is 1. The van der Waals surface area contributed by atoms with E-state index >= 15 is 0 Å². The van der Waals surface area contributed by atoms with Gasteiger partial charge >= 0.3 is 5.97 Å². The molecule has 0 aliphatic heterocycles. The summed E-state index contributed by atoms with van der Waals surface area (Å²) < 4.78 is 31.5. The summed E-state index contributed by atoms with van der Waals surface area (Å²) in [4.78, 5) is 12.0. The van der Waals surface area contributed by atoms with Crippen LogP contribution in [0.4, 0.5) is 8.78 Å². The second-order valence-corrected chi connectivity index (χ2v) is 6.68. The average molecular weight is 354 g/mol. The third kappa shape index (κ3) is 8.99. The van der Waals surface area contributed by atoms with Crippen LogP contribution in [0.1, 0.15) is 94.8 Å². The minimum atomic E-state index is -1.03. The van der Waals surface area contributed by atoms with Crippen LogP contribution in [0.5, 0.6) is 0 Å². The highest BCUT2D eigenvalue weighted by Crippen LogP contribution is 2.16. The summed E-state index contributed by atoms with van der Waals surface area (Å²) in [5.74, 6) is -2.57. The Hall–Kier alpha value is -1.45. The predicted molar refractivity (Wildman–Crippen MR) is 97.7 cm³/mol. The van der Waals surface area contributed by atoms with Crippen LogP contribution < -0.4 is 0 Å². The van der Waals surface area contributed by atoms with Gasteiger partial charge in [-0.25, -0.2) is 13.6 Å². The molecule has 0 saturated carbocycles. The molecule has 25 heavy (non-hydrogen) atoms. The molecule has 0 spiro atoms. The van der Waals surface area contributed by atoms with E-state index in [1.165, 1.54) is 51.0 Å². The number of hydrogen-bond donors (Lipinski definition) is 0. The van der Waals surface area contributed by atoms with Gasteiger partial charge in [-0.2, -0.15) is 0 Å². The molecular weight excluding hydrogens is 322 g/mol. The molecular formula is C21H32F2O2. The molecule has 142 valence electrons. The van der Waals surface area contributed by atoms with Gasteiger partial charge in [-0.3, -0.25) is 0 Å². The van der Waals surface area contributed by atoms with Crippen molar-refractivity contribution < 1.29 is 18.3 Å². The summed E-state index contributed by atoms with van der Waals surface area (Å²) in [5, 5.41) is 0. The molecule has 1 atom stereocenters. The third-order valence-corrected chi connectivity index (χ3v) is 4.51. The topological polar surface area (TPSA) is 26.3 Å². The van der Waals surface area contributed by atoms with Gasteiger partial charge in [0.05, 0.1) is 5.56 Å². The zero-order chi connectivity index (χ0) is 18.5. The Labute approximate surface area is 151 Å². The molecule has 1 aromatic carbocycles. The summed E-state index contributed by atoms with van der Waals surface area (Å²) in [6.45, 7) is 4.19. The molecule has 1 aromatic rings. The molecule has 0 N–H and O–H groups in total. The van der Waals surface area contributed by atoms with E-state index in [1.54, 1.807) is 0 Å². The lowest BCUT2D eigenvalue weighted by Crippen LogP contribution is -2.17. The van der Waals surface area contributed by atoms with Crippen LogP contribution >= 0.6 is 0 Å². The Balaban J connectivity index is 2.21. The van der Waals surface area contributed by atoms with Crippen LogP contribution in [0.3, 0.4) is 0 Å². The molecule has 0 radical (unpaired) electrons. The van der Waals surface area contributed by atoms with Crippen LogP contribution in [0.15, 0.2) is 18.2 Å². The van der Waals surface area contributed by atoms with Crippen molar-refractivity contribution in [1.29, 1.82) is 0 Å². The molecule has 0 bridgehead atoms. The first-order chi connectivity index (χ1) is 12.1. The first-order valence-corrected chi connectivity index (χ1v) is 9.74. The van der Waals surface area contributed by atoms with Crippen LogP contribution in [-0.2, 0) is 4.74 Å². The number of benzene rings is 1. The number of unbranched alkanes of at least 4 members (excludes halogenated alkanes) is 8. The SMILES string of the molecule is CCCCCCCCCCCC(CC)OC(=O)c1ccc(F)c(F)c1.